The Morgan fingerprint density at radius 1 is 1.11 bits per heavy atom. The molecule has 0 bridgehead atoms. The van der Waals surface area contributed by atoms with Crippen molar-refractivity contribution in [3.8, 4) is 0 Å². The second kappa shape index (κ2) is 6.53. The van der Waals surface area contributed by atoms with Crippen LogP contribution in [0.25, 0.3) is 0 Å². The highest BCUT2D eigenvalue weighted by molar-refractivity contribution is 5.76. The van der Waals surface area contributed by atoms with Crippen LogP contribution in [0.1, 0.15) is 38.5 Å². The Morgan fingerprint density at radius 2 is 1.83 bits per heavy atom. The molecule has 104 valence electrons. The van der Waals surface area contributed by atoms with E-state index in [9.17, 15) is 4.79 Å². The quantitative estimate of drug-likeness (QED) is 0.800. The van der Waals surface area contributed by atoms with Gasteiger partial charge in [-0.25, -0.2) is 0 Å². The van der Waals surface area contributed by atoms with E-state index in [0.29, 0.717) is 17.9 Å². The van der Waals surface area contributed by atoms with Gasteiger partial charge in [-0.1, -0.05) is 0 Å². The van der Waals surface area contributed by atoms with Crippen LogP contribution in [0.15, 0.2) is 0 Å². The van der Waals surface area contributed by atoms with Gasteiger partial charge in [0.2, 0.25) is 5.91 Å². The van der Waals surface area contributed by atoms with Crippen molar-refractivity contribution in [2.45, 2.75) is 44.6 Å². The van der Waals surface area contributed by atoms with Crippen LogP contribution in [-0.2, 0) is 4.79 Å². The van der Waals surface area contributed by atoms with Gasteiger partial charge in [-0.05, 0) is 51.6 Å². The standard InChI is InChI=1S/C14H27N3O/c1-16-7-2-8-17(10-9-16)14(18)11-12-3-5-13(15)6-4-12/h12-13H,2-11,15H2,1H3. The van der Waals surface area contributed by atoms with Gasteiger partial charge in [-0.2, -0.15) is 0 Å². The number of rotatable bonds is 2. The fourth-order valence-corrected chi connectivity index (χ4v) is 3.06. The molecule has 0 aromatic carbocycles. The van der Waals surface area contributed by atoms with Crippen LogP contribution in [-0.4, -0.2) is 55.0 Å². The van der Waals surface area contributed by atoms with Crippen LogP contribution in [0, 0.1) is 5.92 Å². The summed E-state index contributed by atoms with van der Waals surface area (Å²) < 4.78 is 0. The van der Waals surface area contributed by atoms with E-state index < -0.39 is 0 Å². The third kappa shape index (κ3) is 3.95. The Kier molecular flexibility index (Phi) is 5.01. The highest BCUT2D eigenvalue weighted by Gasteiger charge is 2.24. The smallest absolute Gasteiger partial charge is 0.222 e. The maximum Gasteiger partial charge on any atom is 0.222 e. The molecule has 2 N–H and O–H groups in total. The van der Waals surface area contributed by atoms with Crippen LogP contribution in [0.4, 0.5) is 0 Å². The summed E-state index contributed by atoms with van der Waals surface area (Å²) in [4.78, 5) is 16.7. The van der Waals surface area contributed by atoms with Crippen molar-refractivity contribution in [1.29, 1.82) is 0 Å². The zero-order chi connectivity index (χ0) is 13.0. The van der Waals surface area contributed by atoms with Crippen LogP contribution >= 0.6 is 0 Å². The average molecular weight is 253 g/mol. The lowest BCUT2D eigenvalue weighted by Gasteiger charge is -2.28. The molecule has 4 heteroatoms. The molecule has 0 unspecified atom stereocenters. The molecule has 2 fully saturated rings. The molecule has 1 saturated heterocycles. The lowest BCUT2D eigenvalue weighted by atomic mass is 9.84. The van der Waals surface area contributed by atoms with Gasteiger partial charge in [0.05, 0.1) is 0 Å². The molecule has 2 aliphatic rings. The van der Waals surface area contributed by atoms with Gasteiger partial charge < -0.3 is 15.5 Å². The zero-order valence-electron chi connectivity index (χ0n) is 11.6. The van der Waals surface area contributed by atoms with Gasteiger partial charge in [0.15, 0.2) is 0 Å². The molecule has 1 heterocycles. The minimum Gasteiger partial charge on any atom is -0.341 e. The van der Waals surface area contributed by atoms with Crippen molar-refractivity contribution in [1.82, 2.24) is 9.80 Å². The molecule has 2 rings (SSSR count). The van der Waals surface area contributed by atoms with E-state index in [1.165, 1.54) is 0 Å². The molecule has 4 nitrogen and oxygen atoms in total. The second-order valence-electron chi connectivity index (χ2n) is 6.02. The van der Waals surface area contributed by atoms with Crippen molar-refractivity contribution >= 4 is 5.91 Å². The Labute approximate surface area is 110 Å². The molecule has 1 aliphatic heterocycles. The van der Waals surface area contributed by atoms with Crippen molar-refractivity contribution < 1.29 is 4.79 Å². The molecular formula is C14H27N3O. The number of hydrogen-bond donors (Lipinski definition) is 1. The fourth-order valence-electron chi connectivity index (χ4n) is 3.06. The molecule has 18 heavy (non-hydrogen) atoms. The van der Waals surface area contributed by atoms with Crippen molar-refractivity contribution in [2.75, 3.05) is 33.2 Å². The Morgan fingerprint density at radius 3 is 2.56 bits per heavy atom. The first-order valence-corrected chi connectivity index (χ1v) is 7.37. The molecule has 0 aromatic heterocycles. The molecule has 0 radical (unpaired) electrons. The van der Waals surface area contributed by atoms with E-state index in [2.05, 4.69) is 16.8 Å². The molecule has 1 aliphatic carbocycles. The van der Waals surface area contributed by atoms with Crippen LogP contribution < -0.4 is 5.73 Å². The SMILES string of the molecule is CN1CCCN(C(=O)CC2CCC(N)CC2)CC1. The summed E-state index contributed by atoms with van der Waals surface area (Å²) >= 11 is 0. The topological polar surface area (TPSA) is 49.6 Å². The lowest BCUT2D eigenvalue weighted by molar-refractivity contribution is -0.132. The number of amides is 1. The fraction of sp³-hybridized carbons (Fsp3) is 0.929. The normalized spacial score (nSPS) is 31.1. The molecular weight excluding hydrogens is 226 g/mol. The van der Waals surface area contributed by atoms with Crippen LogP contribution in [0.3, 0.4) is 0 Å². The van der Waals surface area contributed by atoms with E-state index in [4.69, 9.17) is 5.73 Å². The molecule has 1 amide bonds. The predicted molar refractivity (Wildman–Crippen MR) is 73.2 cm³/mol. The van der Waals surface area contributed by atoms with E-state index in [-0.39, 0.29) is 0 Å². The van der Waals surface area contributed by atoms with Gasteiger partial charge in [-0.15, -0.1) is 0 Å². The maximum absolute atomic E-state index is 12.3. The van der Waals surface area contributed by atoms with Gasteiger partial charge >= 0.3 is 0 Å². The second-order valence-corrected chi connectivity index (χ2v) is 6.02. The molecule has 0 atom stereocenters. The van der Waals surface area contributed by atoms with E-state index in [0.717, 1.165) is 64.7 Å². The number of nitrogens with two attached hydrogens (primary N) is 1. The lowest BCUT2D eigenvalue weighted by Crippen LogP contribution is -2.36. The van der Waals surface area contributed by atoms with Crippen LogP contribution in [0.2, 0.25) is 0 Å². The van der Waals surface area contributed by atoms with Crippen molar-refractivity contribution in [3.63, 3.8) is 0 Å². The van der Waals surface area contributed by atoms with Gasteiger partial charge in [0, 0.05) is 32.1 Å². The summed E-state index contributed by atoms with van der Waals surface area (Å²) in [6, 6.07) is 0.378. The third-order valence-corrected chi connectivity index (χ3v) is 4.43. The molecule has 0 spiro atoms. The average Bonchev–Trinajstić information content (AvgIpc) is 2.57. The molecule has 0 aromatic rings. The monoisotopic (exact) mass is 253 g/mol. The number of carbonyl (C=O) groups excluding carboxylic acids is 1. The van der Waals surface area contributed by atoms with Gasteiger partial charge in [-0.3, -0.25) is 4.79 Å². The van der Waals surface area contributed by atoms with Crippen molar-refractivity contribution in [3.05, 3.63) is 0 Å². The Balaban J connectivity index is 1.76. The van der Waals surface area contributed by atoms with E-state index in [1.807, 2.05) is 0 Å². The first-order chi connectivity index (χ1) is 8.65. The minimum absolute atomic E-state index is 0.366. The van der Waals surface area contributed by atoms with Crippen molar-refractivity contribution in [2.24, 2.45) is 11.7 Å². The van der Waals surface area contributed by atoms with Gasteiger partial charge in [0.25, 0.3) is 0 Å². The summed E-state index contributed by atoms with van der Waals surface area (Å²) in [7, 11) is 2.14. The minimum atomic E-state index is 0.366. The van der Waals surface area contributed by atoms with E-state index >= 15 is 0 Å². The largest absolute Gasteiger partial charge is 0.341 e. The van der Waals surface area contributed by atoms with Crippen LogP contribution in [0.5, 0.6) is 0 Å². The van der Waals surface area contributed by atoms with Gasteiger partial charge in [0.1, 0.15) is 0 Å². The number of nitrogens with zero attached hydrogens (tertiary/aromatic N) is 2. The zero-order valence-corrected chi connectivity index (χ0v) is 11.6. The summed E-state index contributed by atoms with van der Waals surface area (Å²) in [6.07, 6.45) is 6.33. The third-order valence-electron chi connectivity index (χ3n) is 4.43. The number of hydrogen-bond acceptors (Lipinski definition) is 3. The highest BCUT2D eigenvalue weighted by Crippen LogP contribution is 2.26. The highest BCUT2D eigenvalue weighted by atomic mass is 16.2. The summed E-state index contributed by atoms with van der Waals surface area (Å²) in [6.45, 7) is 3.97. The first-order valence-electron chi connectivity index (χ1n) is 7.37. The van der Waals surface area contributed by atoms with E-state index in [1.54, 1.807) is 0 Å². The Hall–Kier alpha value is -0.610. The first kappa shape index (κ1) is 13.8. The Bertz CT molecular complexity index is 274. The summed E-state index contributed by atoms with van der Waals surface area (Å²) in [5, 5.41) is 0. The number of likely N-dealkylation sites (N-methyl/N-ethyl adjacent to an activating group) is 1. The number of carbonyl (C=O) groups is 1. The maximum atomic E-state index is 12.3. The predicted octanol–water partition coefficient (Wildman–Crippen LogP) is 1.06. The molecule has 1 saturated carbocycles. The summed E-state index contributed by atoms with van der Waals surface area (Å²) in [5.74, 6) is 0.948. The summed E-state index contributed by atoms with van der Waals surface area (Å²) in [5.41, 5.74) is 5.91.